The molecule has 0 bridgehead atoms. The van der Waals surface area contributed by atoms with E-state index in [1.54, 1.807) is 6.07 Å². The molecule has 1 saturated heterocycles. The number of hydrogen-bond donors (Lipinski definition) is 1. The number of carbonyl (C=O) groups excluding carboxylic acids is 1. The fourth-order valence-corrected chi connectivity index (χ4v) is 2.41. The van der Waals surface area contributed by atoms with Gasteiger partial charge in [0.15, 0.2) is 0 Å². The molecule has 1 aromatic rings. The summed E-state index contributed by atoms with van der Waals surface area (Å²) in [5.41, 5.74) is 6.12. The molecule has 2 rings (SSSR count). The molecule has 0 aromatic heterocycles. The Balaban J connectivity index is 2.20. The van der Waals surface area contributed by atoms with Crippen molar-refractivity contribution in [2.24, 2.45) is 11.7 Å². The van der Waals surface area contributed by atoms with Crippen LogP contribution in [0.3, 0.4) is 0 Å². The average molecular weight is 274 g/mol. The molecule has 20 heavy (non-hydrogen) atoms. The number of nitrogens with zero attached hydrogens (tertiary/aromatic N) is 3. The highest BCUT2D eigenvalue weighted by atomic mass is 16.6. The molecule has 1 fully saturated rings. The fourth-order valence-electron chi connectivity index (χ4n) is 2.41. The Hall–Kier alpha value is -2.62. The summed E-state index contributed by atoms with van der Waals surface area (Å²) in [6, 6.07) is 6.23. The van der Waals surface area contributed by atoms with Gasteiger partial charge in [0.1, 0.15) is 6.07 Å². The van der Waals surface area contributed by atoms with E-state index in [4.69, 9.17) is 11.0 Å². The predicted octanol–water partition coefficient (Wildman–Crippen LogP) is 1.17. The molecule has 1 aromatic carbocycles. The van der Waals surface area contributed by atoms with E-state index >= 15 is 0 Å². The normalized spacial score (nSPS) is 15.7. The number of amides is 1. The number of hydrogen-bond acceptors (Lipinski definition) is 5. The second-order valence-corrected chi connectivity index (χ2v) is 4.73. The summed E-state index contributed by atoms with van der Waals surface area (Å²) in [5, 5.41) is 19.8. The van der Waals surface area contributed by atoms with Crippen molar-refractivity contribution in [2.45, 2.75) is 12.8 Å². The van der Waals surface area contributed by atoms with Gasteiger partial charge in [-0.25, -0.2) is 0 Å². The van der Waals surface area contributed by atoms with Gasteiger partial charge in [-0.1, -0.05) is 0 Å². The molecule has 1 aliphatic heterocycles. The third kappa shape index (κ3) is 2.69. The molecule has 0 unspecified atom stereocenters. The minimum absolute atomic E-state index is 0.0997. The molecule has 1 aliphatic rings. The van der Waals surface area contributed by atoms with E-state index < -0.39 is 4.92 Å². The van der Waals surface area contributed by atoms with Crippen molar-refractivity contribution >= 4 is 17.3 Å². The Morgan fingerprint density at radius 3 is 2.60 bits per heavy atom. The SMILES string of the molecule is N#Cc1cc([N+](=O)[O-])ccc1N1CCC(C(N)=O)CC1. The molecule has 0 saturated carbocycles. The number of anilines is 1. The highest BCUT2D eigenvalue weighted by molar-refractivity contribution is 5.77. The zero-order valence-electron chi connectivity index (χ0n) is 10.8. The lowest BCUT2D eigenvalue weighted by atomic mass is 9.95. The van der Waals surface area contributed by atoms with Crippen molar-refractivity contribution in [3.05, 3.63) is 33.9 Å². The van der Waals surface area contributed by atoms with Crippen LogP contribution in [0, 0.1) is 27.4 Å². The molecular formula is C13H14N4O3. The molecule has 7 nitrogen and oxygen atoms in total. The Kier molecular flexibility index (Phi) is 3.84. The Labute approximate surface area is 115 Å². The second kappa shape index (κ2) is 5.57. The molecule has 0 aliphatic carbocycles. The summed E-state index contributed by atoms with van der Waals surface area (Å²) in [6.45, 7) is 1.22. The molecule has 0 atom stereocenters. The average Bonchev–Trinajstić information content (AvgIpc) is 2.46. The molecule has 0 spiro atoms. The number of piperidine rings is 1. The maximum absolute atomic E-state index is 11.1. The van der Waals surface area contributed by atoms with E-state index in [0.29, 0.717) is 31.6 Å². The van der Waals surface area contributed by atoms with Gasteiger partial charge >= 0.3 is 0 Å². The molecule has 1 heterocycles. The number of nitriles is 1. The molecular weight excluding hydrogens is 260 g/mol. The highest BCUT2D eigenvalue weighted by Gasteiger charge is 2.25. The van der Waals surface area contributed by atoms with Gasteiger partial charge in [0, 0.05) is 31.1 Å². The van der Waals surface area contributed by atoms with E-state index in [9.17, 15) is 14.9 Å². The van der Waals surface area contributed by atoms with Gasteiger partial charge in [-0.3, -0.25) is 14.9 Å². The minimum atomic E-state index is -0.524. The maximum Gasteiger partial charge on any atom is 0.270 e. The number of nitro benzene ring substituents is 1. The summed E-state index contributed by atoms with van der Waals surface area (Å²) in [5.74, 6) is -0.427. The van der Waals surface area contributed by atoms with Crippen LogP contribution >= 0.6 is 0 Å². The van der Waals surface area contributed by atoms with Crippen LogP contribution in [0.1, 0.15) is 18.4 Å². The van der Waals surface area contributed by atoms with Crippen molar-refractivity contribution in [1.82, 2.24) is 0 Å². The number of non-ortho nitro benzene ring substituents is 1. The standard InChI is InChI=1S/C13H14N4O3/c14-8-10-7-11(17(19)20)1-2-12(10)16-5-3-9(4-6-16)13(15)18/h1-2,7,9H,3-6H2,(H2,15,18). The first-order valence-electron chi connectivity index (χ1n) is 6.25. The van der Waals surface area contributed by atoms with Gasteiger partial charge in [-0.2, -0.15) is 5.26 Å². The zero-order chi connectivity index (χ0) is 14.7. The second-order valence-electron chi connectivity index (χ2n) is 4.73. The van der Waals surface area contributed by atoms with E-state index in [2.05, 4.69) is 0 Å². The number of primary amides is 1. The number of benzene rings is 1. The predicted molar refractivity (Wildman–Crippen MR) is 71.9 cm³/mol. The highest BCUT2D eigenvalue weighted by Crippen LogP contribution is 2.28. The van der Waals surface area contributed by atoms with Crippen molar-refractivity contribution in [3.8, 4) is 6.07 Å². The van der Waals surface area contributed by atoms with Crippen molar-refractivity contribution in [1.29, 1.82) is 5.26 Å². The van der Waals surface area contributed by atoms with Gasteiger partial charge in [0.05, 0.1) is 16.2 Å². The smallest absolute Gasteiger partial charge is 0.270 e. The summed E-state index contributed by atoms with van der Waals surface area (Å²) in [6.07, 6.45) is 1.27. The fraction of sp³-hybridized carbons (Fsp3) is 0.385. The van der Waals surface area contributed by atoms with Gasteiger partial charge in [0.2, 0.25) is 5.91 Å². The maximum atomic E-state index is 11.1. The van der Waals surface area contributed by atoms with Crippen molar-refractivity contribution in [3.63, 3.8) is 0 Å². The molecule has 2 N–H and O–H groups in total. The van der Waals surface area contributed by atoms with Crippen LogP contribution in [0.5, 0.6) is 0 Å². The summed E-state index contributed by atoms with van der Waals surface area (Å²) in [4.78, 5) is 23.3. The van der Waals surface area contributed by atoms with Crippen LogP contribution in [0.25, 0.3) is 0 Å². The Morgan fingerprint density at radius 1 is 1.45 bits per heavy atom. The van der Waals surface area contributed by atoms with Gasteiger partial charge in [-0.05, 0) is 18.9 Å². The summed E-state index contributed by atoms with van der Waals surface area (Å²) in [7, 11) is 0. The summed E-state index contributed by atoms with van der Waals surface area (Å²) >= 11 is 0. The van der Waals surface area contributed by atoms with E-state index in [0.717, 1.165) is 0 Å². The topological polar surface area (TPSA) is 113 Å². The number of carbonyl (C=O) groups is 1. The molecule has 7 heteroatoms. The Morgan fingerprint density at radius 2 is 2.10 bits per heavy atom. The van der Waals surface area contributed by atoms with Crippen LogP contribution in [0.15, 0.2) is 18.2 Å². The third-order valence-corrected chi connectivity index (χ3v) is 3.55. The zero-order valence-corrected chi connectivity index (χ0v) is 10.8. The monoisotopic (exact) mass is 274 g/mol. The lowest BCUT2D eigenvalue weighted by Crippen LogP contribution is -2.38. The van der Waals surface area contributed by atoms with Crippen LogP contribution in [0.4, 0.5) is 11.4 Å². The third-order valence-electron chi connectivity index (χ3n) is 3.55. The van der Waals surface area contributed by atoms with E-state index in [1.807, 2.05) is 11.0 Å². The van der Waals surface area contributed by atoms with Crippen LogP contribution in [-0.4, -0.2) is 23.9 Å². The first-order chi connectivity index (χ1) is 9.52. The lowest BCUT2D eigenvalue weighted by molar-refractivity contribution is -0.384. The number of rotatable bonds is 3. The van der Waals surface area contributed by atoms with Crippen LogP contribution in [0.2, 0.25) is 0 Å². The van der Waals surface area contributed by atoms with E-state index in [-0.39, 0.29) is 23.1 Å². The lowest BCUT2D eigenvalue weighted by Gasteiger charge is -2.32. The number of nitro groups is 1. The first kappa shape index (κ1) is 13.8. The van der Waals surface area contributed by atoms with Gasteiger partial charge < -0.3 is 10.6 Å². The first-order valence-corrected chi connectivity index (χ1v) is 6.25. The quantitative estimate of drug-likeness (QED) is 0.656. The number of nitrogens with two attached hydrogens (primary N) is 1. The van der Waals surface area contributed by atoms with Crippen LogP contribution in [-0.2, 0) is 4.79 Å². The van der Waals surface area contributed by atoms with Gasteiger partial charge in [-0.15, -0.1) is 0 Å². The Bertz CT molecular complexity index is 586. The molecule has 1 amide bonds. The van der Waals surface area contributed by atoms with Crippen molar-refractivity contribution < 1.29 is 9.72 Å². The largest absolute Gasteiger partial charge is 0.370 e. The molecule has 0 radical (unpaired) electrons. The van der Waals surface area contributed by atoms with Gasteiger partial charge in [0.25, 0.3) is 5.69 Å². The molecule has 104 valence electrons. The van der Waals surface area contributed by atoms with Crippen molar-refractivity contribution in [2.75, 3.05) is 18.0 Å². The minimum Gasteiger partial charge on any atom is -0.370 e. The summed E-state index contributed by atoms with van der Waals surface area (Å²) < 4.78 is 0. The van der Waals surface area contributed by atoms with Crippen LogP contribution < -0.4 is 10.6 Å². The van der Waals surface area contributed by atoms with E-state index in [1.165, 1.54) is 12.1 Å².